The van der Waals surface area contributed by atoms with Crippen LogP contribution in [-0.4, -0.2) is 216 Å². The van der Waals surface area contributed by atoms with Crippen molar-refractivity contribution in [1.29, 1.82) is 0 Å². The number of amides is 11. The van der Waals surface area contributed by atoms with Crippen molar-refractivity contribution in [3.05, 3.63) is 176 Å². The minimum absolute atomic E-state index is 0.0157. The fraction of sp³-hybridized carbons (Fsp3) is 0.373. The molecule has 44 heteroatoms. The molecule has 1 unspecified atom stereocenters. The summed E-state index contributed by atoms with van der Waals surface area (Å²) in [6, 6.07) is 7.90. The molecule has 127 heavy (non-hydrogen) atoms. The second kappa shape index (κ2) is 38.8. The van der Waals surface area contributed by atoms with Gasteiger partial charge in [-0.05, 0) is 165 Å². The summed E-state index contributed by atoms with van der Waals surface area (Å²) in [4.78, 5) is 147. The summed E-state index contributed by atoms with van der Waals surface area (Å²) >= 11 is 14.4. The Hall–Kier alpha value is -12.4. The zero-order valence-electron chi connectivity index (χ0n) is 68.0. The van der Waals surface area contributed by atoms with E-state index in [-0.39, 0.29) is 47.7 Å². The van der Waals surface area contributed by atoms with Crippen molar-refractivity contribution in [1.82, 2.24) is 53.0 Å². The molecule has 7 heterocycles. The number of likely N-dealkylation sites (N-methyl/N-ethyl adjacent to an activating group) is 1. The molecule has 0 aliphatic carbocycles. The number of carbonyl (C=O) groups excluding carboxylic acids is 10. The van der Waals surface area contributed by atoms with Crippen LogP contribution in [0.1, 0.15) is 121 Å². The maximum atomic E-state index is 16.3. The fourth-order valence-corrected chi connectivity index (χ4v) is 15.5. The number of phenols is 3. The van der Waals surface area contributed by atoms with Gasteiger partial charge in [-0.25, -0.2) is 10.2 Å². The third-order valence-electron chi connectivity index (χ3n) is 21.5. The number of phenolic OH excluding ortho intramolecular Hbond substituents is 3. The lowest BCUT2D eigenvalue weighted by Crippen LogP contribution is -2.65. The van der Waals surface area contributed by atoms with Crippen molar-refractivity contribution in [2.24, 2.45) is 17.4 Å². The van der Waals surface area contributed by atoms with Crippen LogP contribution in [-0.2, 0) is 59.1 Å². The number of fused-ring (bicyclic) bond motifs is 15. The molecule has 2 saturated heterocycles. The molecule has 11 bridgehead atoms. The Morgan fingerprint density at radius 3 is 1.93 bits per heavy atom. The topological polar surface area (TPSA) is 593 Å². The molecule has 11 amide bonds. The summed E-state index contributed by atoms with van der Waals surface area (Å²) in [6.07, 6.45) is -24.8. The number of hydrogen-bond acceptors (Lipinski definition) is 28. The molecule has 7 aliphatic rings. The highest BCUT2D eigenvalue weighted by Gasteiger charge is 2.53. The van der Waals surface area contributed by atoms with E-state index < -0.39 is 277 Å². The summed E-state index contributed by atoms with van der Waals surface area (Å²) in [5, 5.41) is 127. The third kappa shape index (κ3) is 21.6. The van der Waals surface area contributed by atoms with E-state index in [9.17, 15) is 83.1 Å². The van der Waals surface area contributed by atoms with Gasteiger partial charge in [0.2, 0.25) is 53.4 Å². The van der Waals surface area contributed by atoms with Gasteiger partial charge in [0.25, 0.3) is 11.8 Å². The Kier molecular flexibility index (Phi) is 28.6. The molecule has 14 rings (SSSR count). The molecule has 23 N–H and O–H groups in total. The number of rotatable bonds is 19. The standard InChI is InChI=1S/C83H90Cl2F3N13O26/c1-33(2)20-49(101(5)6)74(114)97-63-65(107)38-13-18-52(46(84)23-38)122-54-25-40-26-55(69(54)126-80-70(68(110)67(109)56(32-102)124-80)125-58-30-82(4,71(111)34(3)121-58)91-31-35-8-7-9-41(21-35)92-72(112)36-10-15-43(16-11-36)127-83(86,87)88)123-53-19-14-39(24-47(53)85)66(108)64-78(118)96-62(79(119)99-100-81(90)120)45-27-42(103)28-51(105)59(45)44-22-37(12-17-50(44)104)60(75(115)98-64)95-76(116)61(40)94-73(113)48(29-57(89)106)93-77(63)117/h7-19,21-28,33-34,48-49,56,58,60-68,70-71,80,91,102-105,107-111H,20,29-32H2,1-6H3,(H2,89,106)(H,92,112)(H,93,117)(H,94,113)(H,95,116)(H,96,118)(H,97,114)(H,98,115)(H,99,119)(H3,90,100,120)/t34-,48-,49+,56+,58-,60+,61+,62+,63+,64-,65+,66+,67+,68-,70+,71+,80?,82+/m0/s1. The lowest BCUT2D eigenvalue weighted by molar-refractivity contribution is -0.334. The normalized spacial score (nSPS) is 25.8. The highest BCUT2D eigenvalue weighted by molar-refractivity contribution is 6.32. The number of carbonyl (C=O) groups is 10. The number of primary amides is 2. The van der Waals surface area contributed by atoms with Gasteiger partial charge in [0.1, 0.15) is 101 Å². The summed E-state index contributed by atoms with van der Waals surface area (Å²) in [5.41, 5.74) is 11.1. The summed E-state index contributed by atoms with van der Waals surface area (Å²) in [5.74, 6) is -17.5. The van der Waals surface area contributed by atoms with Gasteiger partial charge in [-0.3, -0.25) is 53.5 Å². The number of nitrogens with zero attached hydrogens (tertiary/aromatic N) is 1. The molecule has 0 radical (unpaired) electrons. The molecule has 7 aliphatic heterocycles. The molecule has 18 atom stereocenters. The smallest absolute Gasteiger partial charge is 0.508 e. The minimum atomic E-state index is -4.98. The highest BCUT2D eigenvalue weighted by atomic mass is 35.5. The number of halogens is 5. The van der Waals surface area contributed by atoms with Crippen LogP contribution in [0.2, 0.25) is 10.0 Å². The molecule has 7 aromatic carbocycles. The number of urea groups is 1. The van der Waals surface area contributed by atoms with Crippen LogP contribution < -0.4 is 83.8 Å². The Labute approximate surface area is 729 Å². The third-order valence-corrected chi connectivity index (χ3v) is 22.1. The zero-order chi connectivity index (χ0) is 92.3. The first-order chi connectivity index (χ1) is 59.9. The van der Waals surface area contributed by atoms with Crippen molar-refractivity contribution in [2.45, 2.75) is 169 Å². The molecule has 0 aromatic heterocycles. The first-order valence-electron chi connectivity index (χ1n) is 39.2. The van der Waals surface area contributed by atoms with Crippen molar-refractivity contribution < 1.29 is 140 Å². The zero-order valence-corrected chi connectivity index (χ0v) is 69.5. The lowest BCUT2D eigenvalue weighted by atomic mass is 9.84. The number of aromatic hydroxyl groups is 3. The summed E-state index contributed by atoms with van der Waals surface area (Å²) < 4.78 is 82.0. The van der Waals surface area contributed by atoms with Gasteiger partial charge in [-0.2, -0.15) is 0 Å². The number of anilines is 1. The average Bonchev–Trinajstić information content (AvgIpc) is 0.763. The van der Waals surface area contributed by atoms with E-state index in [0.29, 0.717) is 5.56 Å². The molecule has 39 nitrogen and oxygen atoms in total. The number of benzene rings is 7. The quantitative estimate of drug-likeness (QED) is 0.0517. The van der Waals surface area contributed by atoms with Gasteiger partial charge < -0.3 is 133 Å². The number of ether oxygens (including phenoxy) is 7. The van der Waals surface area contributed by atoms with Crippen molar-refractivity contribution in [3.8, 4) is 62.9 Å². The van der Waals surface area contributed by atoms with Crippen molar-refractivity contribution in [3.63, 3.8) is 0 Å². The predicted octanol–water partition coefficient (Wildman–Crippen LogP) is 3.05. The first-order valence-corrected chi connectivity index (χ1v) is 40.0. The van der Waals surface area contributed by atoms with E-state index in [1.807, 2.05) is 24.7 Å². The van der Waals surface area contributed by atoms with E-state index in [1.165, 1.54) is 24.0 Å². The first kappa shape index (κ1) is 93.7. The largest absolute Gasteiger partial charge is 0.573 e. The van der Waals surface area contributed by atoms with E-state index in [2.05, 4.69) is 47.3 Å². The van der Waals surface area contributed by atoms with Crippen LogP contribution in [0.25, 0.3) is 11.1 Å². The van der Waals surface area contributed by atoms with Gasteiger partial charge >= 0.3 is 12.4 Å². The van der Waals surface area contributed by atoms with E-state index in [1.54, 1.807) is 39.2 Å². The number of nitrogens with one attached hydrogen (secondary N) is 10. The Morgan fingerprint density at radius 1 is 0.685 bits per heavy atom. The Morgan fingerprint density at radius 2 is 1.31 bits per heavy atom. The van der Waals surface area contributed by atoms with Crippen LogP contribution in [0.4, 0.5) is 23.7 Å². The fourth-order valence-electron chi connectivity index (χ4n) is 15.1. The van der Waals surface area contributed by atoms with Gasteiger partial charge in [0.15, 0.2) is 23.9 Å². The number of hydrogen-bond donors (Lipinski definition) is 21. The van der Waals surface area contributed by atoms with Gasteiger partial charge in [0.05, 0.1) is 41.3 Å². The van der Waals surface area contributed by atoms with Gasteiger partial charge in [-0.1, -0.05) is 67.4 Å². The monoisotopic (exact) mass is 1810 g/mol. The van der Waals surface area contributed by atoms with Gasteiger partial charge in [0, 0.05) is 46.9 Å². The van der Waals surface area contributed by atoms with Crippen molar-refractivity contribution >= 4 is 88.1 Å². The molecule has 2 fully saturated rings. The van der Waals surface area contributed by atoms with Gasteiger partial charge in [-0.15, -0.1) is 13.2 Å². The molecule has 7 aromatic rings. The number of aliphatic hydroxyl groups excluding tert-OH is 6. The second-order valence-electron chi connectivity index (χ2n) is 31.5. The van der Waals surface area contributed by atoms with E-state index in [4.69, 9.17) is 63.1 Å². The molecule has 0 saturated carbocycles. The number of nitrogens with two attached hydrogens (primary N) is 2. The van der Waals surface area contributed by atoms with E-state index >= 15 is 24.0 Å². The summed E-state index contributed by atoms with van der Waals surface area (Å²) in [7, 11) is 3.15. The number of hydrazine groups is 1. The maximum absolute atomic E-state index is 16.3. The number of alkyl halides is 3. The molecule has 678 valence electrons. The van der Waals surface area contributed by atoms with Crippen LogP contribution in [0.3, 0.4) is 0 Å². The van der Waals surface area contributed by atoms with Crippen LogP contribution in [0, 0.1) is 5.92 Å². The van der Waals surface area contributed by atoms with Crippen LogP contribution in [0.15, 0.2) is 127 Å². The van der Waals surface area contributed by atoms with Crippen LogP contribution in [0.5, 0.6) is 51.7 Å². The maximum Gasteiger partial charge on any atom is 0.573 e. The molecular weight excluding hydrogens is 1720 g/mol. The lowest BCUT2D eigenvalue weighted by Gasteiger charge is -2.48. The number of aliphatic hydroxyl groups is 6. The predicted molar refractivity (Wildman–Crippen MR) is 437 cm³/mol. The summed E-state index contributed by atoms with van der Waals surface area (Å²) in [6.45, 7) is 5.62. The van der Waals surface area contributed by atoms with E-state index in [0.717, 1.165) is 97.1 Å². The molecular formula is C83H90Cl2F3N13O26. The Bertz CT molecular complexity index is 5390. The van der Waals surface area contributed by atoms with Crippen molar-refractivity contribution in [2.75, 3.05) is 26.0 Å². The second-order valence-corrected chi connectivity index (χ2v) is 32.3. The average molecular weight is 1810 g/mol. The SMILES string of the molecule is CC(C)C[C@H](C(=O)N[C@H]1C(=O)N[C@@H](CC(N)=O)C(=O)N[C@H]2C(=O)N[C@H]3C(=O)N[C@H](C(=O)N[C@@H](C(=O)NNC(N)=O)c4cc(O)cc(O)c4-c4cc3ccc4O)[C@H](O)c3ccc(c(Cl)c3)Oc3cc2cc(c3OC2O[C@H](CO)[C@@H](O)[C@H](O)[C@H]2O[C@H]2C[C@@](C)(NCc3cccc(NC(=O)c4ccc(OC(F)(F)F)cc4)c3)[C@H](O)[C@H](C)O2)Oc2ccc(cc2Cl)[C@H]1O)N(C)C. The van der Waals surface area contributed by atoms with Crippen LogP contribution >= 0.6 is 23.2 Å². The molecule has 0 spiro atoms. The minimum Gasteiger partial charge on any atom is -0.508 e. The Balaban J connectivity index is 1.01. The highest BCUT2D eigenvalue weighted by Crippen LogP contribution is 2.50.